The average molecular weight is 280 g/mol. The number of carbonyl (C=O) groups excluding carboxylic acids is 1. The summed E-state index contributed by atoms with van der Waals surface area (Å²) in [7, 11) is 0. The molecule has 0 unspecified atom stereocenters. The van der Waals surface area contributed by atoms with Crippen LogP contribution in [-0.2, 0) is 4.79 Å². The van der Waals surface area contributed by atoms with E-state index in [1.165, 1.54) is 6.07 Å². The van der Waals surface area contributed by atoms with E-state index in [0.717, 1.165) is 30.9 Å². The van der Waals surface area contributed by atoms with Gasteiger partial charge in [0.1, 0.15) is 0 Å². The highest BCUT2D eigenvalue weighted by Gasteiger charge is 2.46. The van der Waals surface area contributed by atoms with Crippen LogP contribution in [0.15, 0.2) is 18.2 Å². The molecule has 1 saturated carbocycles. The lowest BCUT2D eigenvalue weighted by atomic mass is 10.0. The van der Waals surface area contributed by atoms with Gasteiger partial charge >= 0.3 is 0 Å². The van der Waals surface area contributed by atoms with Crippen LogP contribution < -0.4 is 5.73 Å². The van der Waals surface area contributed by atoms with Gasteiger partial charge in [-0.1, -0.05) is 6.07 Å². The van der Waals surface area contributed by atoms with E-state index in [9.17, 15) is 13.6 Å². The van der Waals surface area contributed by atoms with E-state index in [-0.39, 0.29) is 23.8 Å². The molecule has 3 nitrogen and oxygen atoms in total. The van der Waals surface area contributed by atoms with Crippen molar-refractivity contribution in [1.82, 2.24) is 4.90 Å². The van der Waals surface area contributed by atoms with E-state index in [2.05, 4.69) is 0 Å². The van der Waals surface area contributed by atoms with E-state index in [4.69, 9.17) is 5.73 Å². The van der Waals surface area contributed by atoms with Gasteiger partial charge < -0.3 is 10.6 Å². The van der Waals surface area contributed by atoms with Crippen molar-refractivity contribution in [3.63, 3.8) is 0 Å². The van der Waals surface area contributed by atoms with Crippen LogP contribution in [0.4, 0.5) is 8.78 Å². The first-order valence-corrected chi connectivity index (χ1v) is 7.05. The molecule has 0 spiro atoms. The molecule has 2 fully saturated rings. The van der Waals surface area contributed by atoms with Gasteiger partial charge in [0.15, 0.2) is 11.6 Å². The standard InChI is InChI=1S/C15H18F2N2O/c16-13-2-1-9(7-14(13)17)11-8-12(11)15(20)19-5-3-10(18)4-6-19/h1-2,7,10-12H,3-6,8,18H2/t11-,12+/m0/s1. The summed E-state index contributed by atoms with van der Waals surface area (Å²) in [5.41, 5.74) is 6.54. The number of rotatable bonds is 2. The Morgan fingerprint density at radius 3 is 2.55 bits per heavy atom. The molecule has 2 aliphatic rings. The molecule has 1 aliphatic carbocycles. The molecule has 108 valence electrons. The van der Waals surface area contributed by atoms with Crippen molar-refractivity contribution in [2.75, 3.05) is 13.1 Å². The van der Waals surface area contributed by atoms with E-state index in [0.29, 0.717) is 13.1 Å². The van der Waals surface area contributed by atoms with Crippen LogP contribution in [0.25, 0.3) is 0 Å². The second-order valence-corrected chi connectivity index (χ2v) is 5.78. The number of amides is 1. The Balaban J connectivity index is 1.63. The second-order valence-electron chi connectivity index (χ2n) is 5.78. The van der Waals surface area contributed by atoms with Crippen molar-refractivity contribution in [2.24, 2.45) is 11.7 Å². The highest BCUT2D eigenvalue weighted by molar-refractivity contribution is 5.83. The molecule has 1 aromatic carbocycles. The number of piperidine rings is 1. The average Bonchev–Trinajstić information content (AvgIpc) is 3.22. The van der Waals surface area contributed by atoms with Crippen LogP contribution in [0.3, 0.4) is 0 Å². The molecule has 1 aliphatic heterocycles. The fraction of sp³-hybridized carbons (Fsp3) is 0.533. The second kappa shape index (κ2) is 5.13. The quantitative estimate of drug-likeness (QED) is 0.901. The lowest BCUT2D eigenvalue weighted by Gasteiger charge is -2.30. The Hall–Kier alpha value is -1.49. The molecule has 0 radical (unpaired) electrons. The number of hydrogen-bond donors (Lipinski definition) is 1. The third-order valence-electron chi connectivity index (χ3n) is 4.33. The number of likely N-dealkylation sites (tertiary alicyclic amines) is 1. The minimum atomic E-state index is -0.845. The number of carbonyl (C=O) groups is 1. The largest absolute Gasteiger partial charge is 0.342 e. The summed E-state index contributed by atoms with van der Waals surface area (Å²) in [5.74, 6) is -1.60. The van der Waals surface area contributed by atoms with Crippen LogP contribution in [0.5, 0.6) is 0 Å². The van der Waals surface area contributed by atoms with Crippen molar-refractivity contribution in [1.29, 1.82) is 0 Å². The summed E-state index contributed by atoms with van der Waals surface area (Å²) in [6.45, 7) is 1.42. The summed E-state index contributed by atoms with van der Waals surface area (Å²) in [6.07, 6.45) is 2.41. The number of halogens is 2. The van der Waals surface area contributed by atoms with Crippen LogP contribution in [0, 0.1) is 17.6 Å². The van der Waals surface area contributed by atoms with Gasteiger partial charge in [0.25, 0.3) is 0 Å². The van der Waals surface area contributed by atoms with Crippen LogP contribution in [-0.4, -0.2) is 29.9 Å². The lowest BCUT2D eigenvalue weighted by molar-refractivity contribution is -0.133. The molecular weight excluding hydrogens is 262 g/mol. The van der Waals surface area contributed by atoms with Crippen LogP contribution in [0.1, 0.15) is 30.7 Å². The summed E-state index contributed by atoms with van der Waals surface area (Å²) in [6, 6.07) is 4.10. The third-order valence-corrected chi connectivity index (χ3v) is 4.33. The predicted octanol–water partition coefficient (Wildman–Crippen LogP) is 2.02. The maximum Gasteiger partial charge on any atom is 0.226 e. The SMILES string of the molecule is NC1CCN(C(=O)[C@@H]2C[C@H]2c2ccc(F)c(F)c2)CC1. The minimum absolute atomic E-state index is 0.0354. The first kappa shape index (κ1) is 13.5. The fourth-order valence-electron chi connectivity index (χ4n) is 2.93. The van der Waals surface area contributed by atoms with Crippen molar-refractivity contribution in [3.8, 4) is 0 Å². The Bertz CT molecular complexity index is 527. The molecule has 1 aromatic rings. The van der Waals surface area contributed by atoms with E-state index in [1.807, 2.05) is 4.90 Å². The number of nitrogens with zero attached hydrogens (tertiary/aromatic N) is 1. The Morgan fingerprint density at radius 1 is 1.20 bits per heavy atom. The van der Waals surface area contributed by atoms with E-state index in [1.54, 1.807) is 6.07 Å². The zero-order chi connectivity index (χ0) is 14.3. The maximum absolute atomic E-state index is 13.2. The maximum atomic E-state index is 13.2. The van der Waals surface area contributed by atoms with Gasteiger partial charge in [-0.05, 0) is 42.9 Å². The molecular formula is C15H18F2N2O. The third kappa shape index (κ3) is 2.54. The lowest BCUT2D eigenvalue weighted by Crippen LogP contribution is -2.43. The van der Waals surface area contributed by atoms with Gasteiger partial charge in [-0.15, -0.1) is 0 Å². The molecule has 1 amide bonds. The Morgan fingerprint density at radius 2 is 1.90 bits per heavy atom. The van der Waals surface area contributed by atoms with Gasteiger partial charge in [0.05, 0.1) is 0 Å². The first-order chi connectivity index (χ1) is 9.56. The monoisotopic (exact) mass is 280 g/mol. The van der Waals surface area contributed by atoms with Crippen LogP contribution >= 0.6 is 0 Å². The van der Waals surface area contributed by atoms with Gasteiger partial charge in [-0.2, -0.15) is 0 Å². The van der Waals surface area contributed by atoms with Gasteiger partial charge in [0.2, 0.25) is 5.91 Å². The van der Waals surface area contributed by atoms with Crippen molar-refractivity contribution < 1.29 is 13.6 Å². The topological polar surface area (TPSA) is 46.3 Å². The zero-order valence-electron chi connectivity index (χ0n) is 11.2. The summed E-state index contributed by atoms with van der Waals surface area (Å²) >= 11 is 0. The van der Waals surface area contributed by atoms with E-state index < -0.39 is 11.6 Å². The smallest absolute Gasteiger partial charge is 0.226 e. The molecule has 0 aromatic heterocycles. The molecule has 5 heteroatoms. The van der Waals surface area contributed by atoms with Crippen LogP contribution in [0.2, 0.25) is 0 Å². The highest BCUT2D eigenvalue weighted by Crippen LogP contribution is 2.48. The summed E-state index contributed by atoms with van der Waals surface area (Å²) in [4.78, 5) is 14.2. The Labute approximate surface area is 116 Å². The zero-order valence-corrected chi connectivity index (χ0v) is 11.2. The molecule has 20 heavy (non-hydrogen) atoms. The van der Waals surface area contributed by atoms with Gasteiger partial charge in [-0.3, -0.25) is 4.79 Å². The van der Waals surface area contributed by atoms with Crippen molar-refractivity contribution in [3.05, 3.63) is 35.4 Å². The van der Waals surface area contributed by atoms with Crippen molar-refractivity contribution >= 4 is 5.91 Å². The number of nitrogens with two attached hydrogens (primary N) is 1. The molecule has 1 saturated heterocycles. The predicted molar refractivity (Wildman–Crippen MR) is 71.0 cm³/mol. The highest BCUT2D eigenvalue weighted by atomic mass is 19.2. The molecule has 3 rings (SSSR count). The normalized spacial score (nSPS) is 26.6. The fourth-order valence-corrected chi connectivity index (χ4v) is 2.93. The summed E-state index contributed by atoms with van der Waals surface area (Å²) < 4.78 is 26.1. The summed E-state index contributed by atoms with van der Waals surface area (Å²) in [5, 5.41) is 0. The van der Waals surface area contributed by atoms with E-state index >= 15 is 0 Å². The van der Waals surface area contributed by atoms with Crippen molar-refractivity contribution in [2.45, 2.75) is 31.2 Å². The number of hydrogen-bond acceptors (Lipinski definition) is 2. The minimum Gasteiger partial charge on any atom is -0.342 e. The molecule has 2 atom stereocenters. The first-order valence-electron chi connectivity index (χ1n) is 7.05. The Kier molecular flexibility index (Phi) is 3.46. The number of benzene rings is 1. The van der Waals surface area contributed by atoms with Gasteiger partial charge in [-0.25, -0.2) is 8.78 Å². The molecule has 2 N–H and O–H groups in total. The molecule has 0 bridgehead atoms. The van der Waals surface area contributed by atoms with Gasteiger partial charge in [0, 0.05) is 25.0 Å². The molecule has 1 heterocycles.